The molecule has 2 aromatic carbocycles. The maximum atomic E-state index is 9.74. The summed E-state index contributed by atoms with van der Waals surface area (Å²) in [4.78, 5) is 4.51. The number of aromatic hydroxyl groups is 1. The number of hydrogen-bond donors (Lipinski definition) is 2. The van der Waals surface area contributed by atoms with E-state index in [0.29, 0.717) is 10.9 Å². The van der Waals surface area contributed by atoms with Gasteiger partial charge in [0.2, 0.25) is 5.13 Å². The van der Waals surface area contributed by atoms with E-state index in [2.05, 4.69) is 46.7 Å². The highest BCUT2D eigenvalue weighted by molar-refractivity contribution is 7.14. The number of anilines is 1. The quantitative estimate of drug-likeness (QED) is 0.538. The Morgan fingerprint density at radius 3 is 2.71 bits per heavy atom. The van der Waals surface area contributed by atoms with Crippen LogP contribution in [-0.4, -0.2) is 23.4 Å². The highest BCUT2D eigenvalue weighted by Gasteiger charge is 2.04. The molecule has 0 fully saturated rings. The van der Waals surface area contributed by atoms with Crippen LogP contribution in [0.2, 0.25) is 0 Å². The van der Waals surface area contributed by atoms with E-state index >= 15 is 0 Å². The summed E-state index contributed by atoms with van der Waals surface area (Å²) in [7, 11) is 1.51. The maximum absolute atomic E-state index is 9.74. The van der Waals surface area contributed by atoms with Gasteiger partial charge in [-0.25, -0.2) is 4.98 Å². The topological polar surface area (TPSA) is 66.7 Å². The lowest BCUT2D eigenvalue weighted by Gasteiger charge is -2.02. The third-order valence-corrected chi connectivity index (χ3v) is 4.18. The lowest BCUT2D eigenvalue weighted by atomic mass is 10.1. The van der Waals surface area contributed by atoms with Crippen LogP contribution in [0.4, 0.5) is 5.13 Å². The maximum Gasteiger partial charge on any atom is 0.203 e. The van der Waals surface area contributed by atoms with Gasteiger partial charge in [0.25, 0.3) is 0 Å². The molecular formula is C18H17N3O2S. The number of ether oxygens (including phenoxy) is 1. The highest BCUT2D eigenvalue weighted by atomic mass is 32.1. The molecule has 0 aliphatic rings. The van der Waals surface area contributed by atoms with E-state index in [-0.39, 0.29) is 5.75 Å². The van der Waals surface area contributed by atoms with Gasteiger partial charge in [-0.2, -0.15) is 5.10 Å². The minimum atomic E-state index is 0.0809. The van der Waals surface area contributed by atoms with E-state index in [1.54, 1.807) is 18.3 Å². The van der Waals surface area contributed by atoms with E-state index in [9.17, 15) is 5.11 Å². The SMILES string of the molecule is COc1ccc(/C=N/Nc2nc(-c3ccc(C)cc3)cs2)cc1O. The van der Waals surface area contributed by atoms with Crippen molar-refractivity contribution in [3.63, 3.8) is 0 Å². The Morgan fingerprint density at radius 2 is 2.00 bits per heavy atom. The number of hydrogen-bond acceptors (Lipinski definition) is 6. The molecule has 1 aromatic heterocycles. The van der Waals surface area contributed by atoms with Gasteiger partial charge in [-0.3, -0.25) is 5.43 Å². The predicted octanol–water partition coefficient (Wildman–Crippen LogP) is 4.28. The number of nitrogens with zero attached hydrogens (tertiary/aromatic N) is 2. The molecule has 1 heterocycles. The number of phenolic OH excluding ortho intramolecular Hbond substituents is 1. The molecule has 0 bridgehead atoms. The molecule has 0 spiro atoms. The van der Waals surface area contributed by atoms with E-state index in [0.717, 1.165) is 16.8 Å². The normalized spacial score (nSPS) is 10.9. The highest BCUT2D eigenvalue weighted by Crippen LogP contribution is 2.26. The van der Waals surface area contributed by atoms with Crippen molar-refractivity contribution in [2.24, 2.45) is 5.10 Å². The minimum absolute atomic E-state index is 0.0809. The fraction of sp³-hybridized carbons (Fsp3) is 0.111. The third kappa shape index (κ3) is 3.72. The Kier molecular flexibility index (Phi) is 4.77. The van der Waals surface area contributed by atoms with Gasteiger partial charge in [-0.15, -0.1) is 11.3 Å². The molecule has 3 aromatic rings. The number of thiazole rings is 1. The minimum Gasteiger partial charge on any atom is -0.504 e. The van der Waals surface area contributed by atoms with E-state index in [4.69, 9.17) is 4.74 Å². The summed E-state index contributed by atoms with van der Waals surface area (Å²) in [5.41, 5.74) is 6.88. The summed E-state index contributed by atoms with van der Waals surface area (Å²) in [6.07, 6.45) is 1.62. The molecule has 0 amide bonds. The third-order valence-electron chi connectivity index (χ3n) is 3.43. The van der Waals surface area contributed by atoms with Gasteiger partial charge in [0.05, 0.1) is 19.0 Å². The Morgan fingerprint density at radius 1 is 1.21 bits per heavy atom. The zero-order chi connectivity index (χ0) is 16.9. The summed E-state index contributed by atoms with van der Waals surface area (Å²) >= 11 is 1.49. The molecule has 6 heteroatoms. The first-order chi connectivity index (χ1) is 11.7. The Bertz CT molecular complexity index is 857. The number of phenols is 1. The molecule has 3 rings (SSSR count). The van der Waals surface area contributed by atoms with Gasteiger partial charge in [-0.1, -0.05) is 29.8 Å². The largest absolute Gasteiger partial charge is 0.504 e. The molecule has 0 saturated carbocycles. The number of nitrogens with one attached hydrogen (secondary N) is 1. The molecule has 122 valence electrons. The summed E-state index contributed by atoms with van der Waals surface area (Å²) in [5.74, 6) is 0.514. The second-order valence-electron chi connectivity index (χ2n) is 5.21. The van der Waals surface area contributed by atoms with Crippen molar-refractivity contribution in [3.05, 3.63) is 59.0 Å². The first-order valence-electron chi connectivity index (χ1n) is 7.34. The standard InChI is InChI=1S/C18H17N3O2S/c1-12-3-6-14(7-4-12)15-11-24-18(20-15)21-19-10-13-5-8-17(23-2)16(22)9-13/h3-11,22H,1-2H3,(H,20,21)/b19-10+. The van der Waals surface area contributed by atoms with E-state index in [1.165, 1.54) is 24.0 Å². The lowest BCUT2D eigenvalue weighted by molar-refractivity contribution is 0.373. The summed E-state index contributed by atoms with van der Waals surface area (Å²) in [6, 6.07) is 13.3. The van der Waals surface area contributed by atoms with Crippen LogP contribution in [0, 0.1) is 6.92 Å². The molecular weight excluding hydrogens is 322 g/mol. The summed E-state index contributed by atoms with van der Waals surface area (Å²) in [6.45, 7) is 2.06. The number of methoxy groups -OCH3 is 1. The molecule has 0 saturated heterocycles. The Labute approximate surface area is 144 Å². The average molecular weight is 339 g/mol. The molecule has 0 unspecified atom stereocenters. The zero-order valence-corrected chi connectivity index (χ0v) is 14.2. The van der Waals surface area contributed by atoms with Crippen molar-refractivity contribution >= 4 is 22.7 Å². The van der Waals surface area contributed by atoms with Gasteiger partial charge in [0, 0.05) is 10.9 Å². The second-order valence-corrected chi connectivity index (χ2v) is 6.06. The van der Waals surface area contributed by atoms with Gasteiger partial charge in [0.1, 0.15) is 0 Å². The van der Waals surface area contributed by atoms with Crippen LogP contribution < -0.4 is 10.2 Å². The van der Waals surface area contributed by atoms with Crippen molar-refractivity contribution in [2.75, 3.05) is 12.5 Å². The van der Waals surface area contributed by atoms with Crippen molar-refractivity contribution in [2.45, 2.75) is 6.92 Å². The fourth-order valence-corrected chi connectivity index (χ4v) is 2.80. The summed E-state index contributed by atoms with van der Waals surface area (Å²) in [5, 5.41) is 16.6. The predicted molar refractivity (Wildman–Crippen MR) is 98.2 cm³/mol. The Balaban J connectivity index is 1.67. The number of aromatic nitrogens is 1. The number of rotatable bonds is 5. The average Bonchev–Trinajstić information content (AvgIpc) is 3.04. The van der Waals surface area contributed by atoms with E-state index in [1.807, 2.05) is 11.4 Å². The van der Waals surface area contributed by atoms with Crippen LogP contribution in [0.1, 0.15) is 11.1 Å². The van der Waals surface area contributed by atoms with Crippen LogP contribution >= 0.6 is 11.3 Å². The van der Waals surface area contributed by atoms with Gasteiger partial charge >= 0.3 is 0 Å². The molecule has 24 heavy (non-hydrogen) atoms. The molecule has 0 atom stereocenters. The van der Waals surface area contributed by atoms with Crippen molar-refractivity contribution in [3.8, 4) is 22.8 Å². The van der Waals surface area contributed by atoms with Crippen molar-refractivity contribution in [1.29, 1.82) is 0 Å². The zero-order valence-electron chi connectivity index (χ0n) is 13.4. The summed E-state index contributed by atoms with van der Waals surface area (Å²) < 4.78 is 5.01. The van der Waals surface area contributed by atoms with Gasteiger partial charge in [-0.05, 0) is 30.7 Å². The van der Waals surface area contributed by atoms with Crippen LogP contribution in [0.15, 0.2) is 52.9 Å². The molecule has 0 radical (unpaired) electrons. The first-order valence-corrected chi connectivity index (χ1v) is 8.22. The molecule has 0 aliphatic carbocycles. The number of benzene rings is 2. The van der Waals surface area contributed by atoms with Crippen molar-refractivity contribution in [1.82, 2.24) is 4.98 Å². The first kappa shape index (κ1) is 16.0. The molecule has 0 aliphatic heterocycles. The van der Waals surface area contributed by atoms with Crippen LogP contribution in [0.5, 0.6) is 11.5 Å². The van der Waals surface area contributed by atoms with E-state index < -0.39 is 0 Å². The van der Waals surface area contributed by atoms with Crippen molar-refractivity contribution < 1.29 is 9.84 Å². The van der Waals surface area contributed by atoms with Crippen LogP contribution in [-0.2, 0) is 0 Å². The van der Waals surface area contributed by atoms with Crippen LogP contribution in [0.25, 0.3) is 11.3 Å². The fourth-order valence-electron chi connectivity index (χ4n) is 2.13. The number of hydrazone groups is 1. The Hall–Kier alpha value is -2.86. The molecule has 2 N–H and O–H groups in total. The van der Waals surface area contributed by atoms with Crippen LogP contribution in [0.3, 0.4) is 0 Å². The number of aryl methyl sites for hydroxylation is 1. The molecule has 5 nitrogen and oxygen atoms in total. The van der Waals surface area contributed by atoms with Gasteiger partial charge < -0.3 is 9.84 Å². The van der Waals surface area contributed by atoms with Gasteiger partial charge in [0.15, 0.2) is 11.5 Å². The lowest BCUT2D eigenvalue weighted by Crippen LogP contribution is -1.91. The smallest absolute Gasteiger partial charge is 0.203 e. The monoisotopic (exact) mass is 339 g/mol. The second kappa shape index (κ2) is 7.14.